The minimum atomic E-state index is -1.12. The molecule has 0 radical (unpaired) electrons. The number of nitrogens with one attached hydrogen (secondary N) is 2. The summed E-state index contributed by atoms with van der Waals surface area (Å²) in [6.45, 7) is 3.51. The lowest BCUT2D eigenvalue weighted by Gasteiger charge is -2.15. The van der Waals surface area contributed by atoms with Crippen molar-refractivity contribution in [2.75, 3.05) is 32.7 Å². The summed E-state index contributed by atoms with van der Waals surface area (Å²) in [5, 5.41) is 13.6. The first-order valence-corrected chi connectivity index (χ1v) is 5.82. The van der Waals surface area contributed by atoms with Crippen LogP contribution < -0.4 is 16.4 Å². The van der Waals surface area contributed by atoms with E-state index in [0.717, 1.165) is 19.6 Å². The molecule has 0 bridgehead atoms. The number of carboxylic acid groups (broad SMARTS) is 1. The molecule has 7 nitrogen and oxygen atoms in total. The maximum atomic E-state index is 11.3. The predicted octanol–water partition coefficient (Wildman–Crippen LogP) is -1.21. The van der Waals surface area contributed by atoms with E-state index < -0.39 is 12.0 Å². The van der Waals surface area contributed by atoms with Crippen molar-refractivity contribution in [2.24, 2.45) is 5.73 Å². The summed E-state index contributed by atoms with van der Waals surface area (Å²) in [5.41, 5.74) is 5.24. The predicted molar refractivity (Wildman–Crippen MR) is 62.7 cm³/mol. The van der Waals surface area contributed by atoms with Crippen LogP contribution in [0.3, 0.4) is 0 Å². The molecule has 17 heavy (non-hydrogen) atoms. The number of nitrogens with zero attached hydrogens (tertiary/aromatic N) is 1. The van der Waals surface area contributed by atoms with Crippen molar-refractivity contribution >= 4 is 12.0 Å². The Morgan fingerprint density at radius 3 is 2.53 bits per heavy atom. The van der Waals surface area contributed by atoms with Crippen molar-refractivity contribution in [3.05, 3.63) is 0 Å². The molecule has 0 aromatic carbocycles. The first kappa shape index (κ1) is 13.7. The van der Waals surface area contributed by atoms with Gasteiger partial charge in [0.05, 0.1) is 0 Å². The minimum absolute atomic E-state index is 0.0646. The number of likely N-dealkylation sites (tertiary alicyclic amines) is 1. The fourth-order valence-corrected chi connectivity index (χ4v) is 1.69. The average molecular weight is 244 g/mol. The number of urea groups is 1. The van der Waals surface area contributed by atoms with Gasteiger partial charge in [0, 0.05) is 19.6 Å². The smallest absolute Gasteiger partial charge is 0.322 e. The Labute approximate surface area is 100 Å². The minimum Gasteiger partial charge on any atom is -0.480 e. The van der Waals surface area contributed by atoms with E-state index in [9.17, 15) is 9.59 Å². The fraction of sp³-hybridized carbons (Fsp3) is 0.800. The summed E-state index contributed by atoms with van der Waals surface area (Å²) in [6, 6.07) is -1.43. The van der Waals surface area contributed by atoms with Gasteiger partial charge in [0.15, 0.2) is 0 Å². The molecule has 0 aromatic heterocycles. The van der Waals surface area contributed by atoms with Crippen LogP contribution in [-0.4, -0.2) is 60.8 Å². The van der Waals surface area contributed by atoms with Crippen LogP contribution in [0.15, 0.2) is 0 Å². The van der Waals surface area contributed by atoms with Crippen molar-refractivity contribution in [1.29, 1.82) is 0 Å². The van der Waals surface area contributed by atoms with E-state index in [4.69, 9.17) is 10.8 Å². The summed E-state index contributed by atoms with van der Waals surface area (Å²) >= 11 is 0. The van der Waals surface area contributed by atoms with Crippen molar-refractivity contribution in [3.63, 3.8) is 0 Å². The highest BCUT2D eigenvalue weighted by molar-refractivity contribution is 5.77. The number of amides is 2. The van der Waals surface area contributed by atoms with Crippen LogP contribution in [0.4, 0.5) is 4.79 Å². The van der Waals surface area contributed by atoms with Crippen LogP contribution in [0.25, 0.3) is 0 Å². The highest BCUT2D eigenvalue weighted by Gasteiger charge is 2.13. The Bertz CT molecular complexity index is 266. The molecule has 0 unspecified atom stereocenters. The molecule has 1 heterocycles. The Balaban J connectivity index is 2.02. The third kappa shape index (κ3) is 5.50. The second-order valence-corrected chi connectivity index (χ2v) is 4.13. The van der Waals surface area contributed by atoms with Gasteiger partial charge in [-0.25, -0.2) is 4.79 Å². The standard InChI is InChI=1S/C10H20N4O3/c11-8(9(15)16)7-13-10(17)12-3-6-14-4-1-2-5-14/h8H,1-7,11H2,(H,15,16)(H2,12,13,17)/t8-/m0/s1. The summed E-state index contributed by atoms with van der Waals surface area (Å²) in [7, 11) is 0. The van der Waals surface area contributed by atoms with Crippen molar-refractivity contribution in [2.45, 2.75) is 18.9 Å². The van der Waals surface area contributed by atoms with E-state index in [1.807, 2.05) is 0 Å². The van der Waals surface area contributed by atoms with Gasteiger partial charge in [-0.2, -0.15) is 0 Å². The van der Waals surface area contributed by atoms with Crippen molar-refractivity contribution in [1.82, 2.24) is 15.5 Å². The van der Waals surface area contributed by atoms with Crippen LogP contribution >= 0.6 is 0 Å². The third-order valence-electron chi connectivity index (χ3n) is 2.71. The fourth-order valence-electron chi connectivity index (χ4n) is 1.69. The normalized spacial score (nSPS) is 17.7. The SMILES string of the molecule is N[C@@H](CNC(=O)NCCN1CCCC1)C(=O)O. The Morgan fingerprint density at radius 1 is 1.29 bits per heavy atom. The average Bonchev–Trinajstić information content (AvgIpc) is 2.78. The zero-order chi connectivity index (χ0) is 12.7. The Morgan fingerprint density at radius 2 is 1.94 bits per heavy atom. The Hall–Kier alpha value is -1.34. The second kappa shape index (κ2) is 7.08. The van der Waals surface area contributed by atoms with Crippen molar-refractivity contribution in [3.8, 4) is 0 Å². The summed E-state index contributed by atoms with van der Waals surface area (Å²) in [4.78, 5) is 23.9. The molecule has 0 aromatic rings. The van der Waals surface area contributed by atoms with Crippen LogP contribution in [0.2, 0.25) is 0 Å². The monoisotopic (exact) mass is 244 g/mol. The summed E-state index contributed by atoms with van der Waals surface area (Å²) in [5.74, 6) is -1.12. The highest BCUT2D eigenvalue weighted by atomic mass is 16.4. The molecule has 1 atom stereocenters. The Kier molecular flexibility index (Phi) is 5.71. The lowest BCUT2D eigenvalue weighted by molar-refractivity contribution is -0.138. The first-order valence-electron chi connectivity index (χ1n) is 5.82. The molecular formula is C10H20N4O3. The molecule has 0 aliphatic carbocycles. The highest BCUT2D eigenvalue weighted by Crippen LogP contribution is 2.05. The maximum absolute atomic E-state index is 11.3. The molecule has 5 N–H and O–H groups in total. The van der Waals surface area contributed by atoms with Gasteiger partial charge in [-0.05, 0) is 25.9 Å². The van der Waals surface area contributed by atoms with Crippen molar-refractivity contribution < 1.29 is 14.7 Å². The zero-order valence-electron chi connectivity index (χ0n) is 9.82. The number of carbonyl (C=O) groups is 2. The van der Waals surface area contributed by atoms with E-state index >= 15 is 0 Å². The molecule has 1 aliphatic rings. The first-order chi connectivity index (χ1) is 8.09. The molecule has 1 saturated heterocycles. The lowest BCUT2D eigenvalue weighted by Crippen LogP contribution is -2.47. The van der Waals surface area contributed by atoms with E-state index in [2.05, 4.69) is 15.5 Å². The molecule has 0 spiro atoms. The van der Waals surface area contributed by atoms with Gasteiger partial charge in [0.2, 0.25) is 0 Å². The van der Waals surface area contributed by atoms with Gasteiger partial charge in [-0.1, -0.05) is 0 Å². The third-order valence-corrected chi connectivity index (χ3v) is 2.71. The van der Waals surface area contributed by atoms with Crippen LogP contribution in [-0.2, 0) is 4.79 Å². The maximum Gasteiger partial charge on any atom is 0.322 e. The van der Waals surface area contributed by atoms with Gasteiger partial charge in [0.25, 0.3) is 0 Å². The van der Waals surface area contributed by atoms with Gasteiger partial charge in [0.1, 0.15) is 6.04 Å². The van der Waals surface area contributed by atoms with Crippen LogP contribution in [0.5, 0.6) is 0 Å². The van der Waals surface area contributed by atoms with Gasteiger partial charge in [-0.15, -0.1) is 0 Å². The number of carboxylic acids is 1. The van der Waals surface area contributed by atoms with E-state index in [1.54, 1.807) is 0 Å². The quantitative estimate of drug-likeness (QED) is 0.469. The number of hydrogen-bond donors (Lipinski definition) is 4. The topological polar surface area (TPSA) is 108 Å². The number of rotatable bonds is 6. The molecule has 98 valence electrons. The second-order valence-electron chi connectivity index (χ2n) is 4.13. The number of carbonyl (C=O) groups excluding carboxylic acids is 1. The number of nitrogens with two attached hydrogens (primary N) is 1. The van der Waals surface area contributed by atoms with E-state index in [1.165, 1.54) is 12.8 Å². The molecule has 1 fully saturated rings. The summed E-state index contributed by atoms with van der Waals surface area (Å²) < 4.78 is 0. The number of aliphatic carboxylic acids is 1. The van der Waals surface area contributed by atoms with Gasteiger partial charge >= 0.3 is 12.0 Å². The molecule has 7 heteroatoms. The van der Waals surface area contributed by atoms with E-state index in [-0.39, 0.29) is 12.6 Å². The molecule has 1 aliphatic heterocycles. The molecular weight excluding hydrogens is 224 g/mol. The number of hydrogen-bond acceptors (Lipinski definition) is 4. The lowest BCUT2D eigenvalue weighted by atomic mass is 10.3. The van der Waals surface area contributed by atoms with Crippen LogP contribution in [0, 0.1) is 0 Å². The zero-order valence-corrected chi connectivity index (χ0v) is 9.82. The molecule has 2 amide bonds. The molecule has 0 saturated carbocycles. The van der Waals surface area contributed by atoms with E-state index in [0.29, 0.717) is 6.54 Å². The molecule has 1 rings (SSSR count). The summed E-state index contributed by atoms with van der Waals surface area (Å²) in [6.07, 6.45) is 2.44. The van der Waals surface area contributed by atoms with Gasteiger partial charge < -0.3 is 26.4 Å². The van der Waals surface area contributed by atoms with Gasteiger partial charge in [-0.3, -0.25) is 4.79 Å². The largest absolute Gasteiger partial charge is 0.480 e. The van der Waals surface area contributed by atoms with Crippen LogP contribution in [0.1, 0.15) is 12.8 Å².